The molecule has 2 rings (SSSR count). The number of nitrogens with one attached hydrogen (secondary N) is 2. The van der Waals surface area contributed by atoms with Crippen LogP contribution in [0.3, 0.4) is 0 Å². The van der Waals surface area contributed by atoms with E-state index in [0.29, 0.717) is 5.92 Å². The first kappa shape index (κ1) is 15.3. The van der Waals surface area contributed by atoms with Crippen molar-refractivity contribution in [2.24, 2.45) is 5.92 Å². The summed E-state index contributed by atoms with van der Waals surface area (Å²) in [5.74, 6) is 0.553. The number of halogens is 1. The molecule has 0 spiro atoms. The second kappa shape index (κ2) is 6.59. The molecule has 0 fully saturated rings. The van der Waals surface area contributed by atoms with Crippen LogP contribution >= 0.6 is 11.6 Å². The van der Waals surface area contributed by atoms with E-state index in [2.05, 4.69) is 30.5 Å². The average molecular weight is 295 g/mol. The van der Waals surface area contributed by atoms with Gasteiger partial charge in [-0.25, -0.2) is 0 Å². The highest BCUT2D eigenvalue weighted by molar-refractivity contribution is 6.30. The van der Waals surface area contributed by atoms with Gasteiger partial charge in [0.15, 0.2) is 0 Å². The van der Waals surface area contributed by atoms with Crippen LogP contribution in [0.4, 0.5) is 0 Å². The molecule has 0 aromatic heterocycles. The molecule has 1 aliphatic rings. The fourth-order valence-corrected chi connectivity index (χ4v) is 3.09. The number of aryl methyl sites for hydroxylation is 1. The molecule has 0 saturated heterocycles. The Bertz CT molecular complexity index is 487. The van der Waals surface area contributed by atoms with E-state index in [0.717, 1.165) is 24.3 Å². The topological polar surface area (TPSA) is 41.1 Å². The fourth-order valence-electron chi connectivity index (χ4n) is 2.90. The number of amides is 1. The molecule has 4 heteroatoms. The minimum Gasteiger partial charge on any atom is -0.358 e. The van der Waals surface area contributed by atoms with Crippen LogP contribution in [0, 0.1) is 5.92 Å². The molecule has 0 aliphatic heterocycles. The van der Waals surface area contributed by atoms with Gasteiger partial charge in [-0.3, -0.25) is 10.1 Å². The van der Waals surface area contributed by atoms with Gasteiger partial charge in [0.1, 0.15) is 0 Å². The normalized spacial score (nSPS) is 18.9. The Labute approximate surface area is 126 Å². The quantitative estimate of drug-likeness (QED) is 0.876. The van der Waals surface area contributed by atoms with E-state index in [1.54, 1.807) is 7.05 Å². The molecule has 0 radical (unpaired) electrons. The zero-order valence-electron chi connectivity index (χ0n) is 12.4. The second-order valence-electron chi connectivity index (χ2n) is 5.90. The number of fused-ring (bicyclic) bond motifs is 1. The lowest BCUT2D eigenvalue weighted by atomic mass is 10.0. The Balaban J connectivity index is 2.11. The fraction of sp³-hybridized carbons (Fsp3) is 0.562. The summed E-state index contributed by atoms with van der Waals surface area (Å²) in [5.41, 5.74) is 2.59. The number of rotatable bonds is 5. The third-order valence-electron chi connectivity index (χ3n) is 3.86. The highest BCUT2D eigenvalue weighted by Crippen LogP contribution is 2.33. The highest BCUT2D eigenvalue weighted by Gasteiger charge is 2.27. The van der Waals surface area contributed by atoms with Gasteiger partial charge in [0, 0.05) is 18.1 Å². The van der Waals surface area contributed by atoms with Gasteiger partial charge in [-0.05, 0) is 48.4 Å². The van der Waals surface area contributed by atoms with Crippen molar-refractivity contribution in [1.29, 1.82) is 0 Å². The number of carbonyl (C=O) groups is 1. The lowest BCUT2D eigenvalue weighted by Crippen LogP contribution is -2.44. The second-order valence-corrected chi connectivity index (χ2v) is 6.33. The van der Waals surface area contributed by atoms with Gasteiger partial charge in [-0.2, -0.15) is 0 Å². The molecule has 3 nitrogen and oxygen atoms in total. The maximum absolute atomic E-state index is 12.0. The zero-order chi connectivity index (χ0) is 14.7. The third-order valence-corrected chi connectivity index (χ3v) is 4.09. The molecule has 110 valence electrons. The van der Waals surface area contributed by atoms with Gasteiger partial charge in [0.25, 0.3) is 0 Å². The van der Waals surface area contributed by atoms with Crippen molar-refractivity contribution in [3.63, 3.8) is 0 Å². The van der Waals surface area contributed by atoms with Crippen molar-refractivity contribution in [3.05, 3.63) is 34.3 Å². The van der Waals surface area contributed by atoms with Crippen LogP contribution in [-0.2, 0) is 11.2 Å². The number of benzene rings is 1. The molecular weight excluding hydrogens is 272 g/mol. The zero-order valence-corrected chi connectivity index (χ0v) is 13.1. The van der Waals surface area contributed by atoms with Crippen LogP contribution < -0.4 is 10.6 Å². The molecule has 2 N–H and O–H groups in total. The maximum atomic E-state index is 12.0. The molecule has 2 atom stereocenters. The Hall–Kier alpha value is -1.06. The average Bonchev–Trinajstić information content (AvgIpc) is 2.78. The third kappa shape index (κ3) is 3.53. The number of hydrogen-bond acceptors (Lipinski definition) is 2. The minimum absolute atomic E-state index is 0.0705. The van der Waals surface area contributed by atoms with E-state index in [4.69, 9.17) is 11.6 Å². The summed E-state index contributed by atoms with van der Waals surface area (Å²) in [5, 5.41) is 7.06. The molecule has 2 unspecified atom stereocenters. The molecule has 0 saturated carbocycles. The smallest absolute Gasteiger partial charge is 0.236 e. The van der Waals surface area contributed by atoms with Gasteiger partial charge in [0.05, 0.1) is 6.04 Å². The predicted molar refractivity (Wildman–Crippen MR) is 83.0 cm³/mol. The number of carbonyl (C=O) groups excluding carboxylic acids is 1. The van der Waals surface area contributed by atoms with Crippen molar-refractivity contribution in [2.45, 2.75) is 45.2 Å². The van der Waals surface area contributed by atoms with Gasteiger partial charge >= 0.3 is 0 Å². The summed E-state index contributed by atoms with van der Waals surface area (Å²) in [4.78, 5) is 12.0. The van der Waals surface area contributed by atoms with E-state index < -0.39 is 0 Å². The number of likely N-dealkylation sites (N-methyl/N-ethyl adjacent to an activating group) is 1. The Morgan fingerprint density at radius 2 is 2.20 bits per heavy atom. The summed E-state index contributed by atoms with van der Waals surface area (Å²) in [6.45, 7) is 4.28. The predicted octanol–water partition coefficient (Wildman–Crippen LogP) is 3.08. The molecule has 1 amide bonds. The summed E-state index contributed by atoms with van der Waals surface area (Å²) < 4.78 is 0. The molecule has 20 heavy (non-hydrogen) atoms. The van der Waals surface area contributed by atoms with Gasteiger partial charge in [-0.15, -0.1) is 0 Å². The molecule has 1 aromatic rings. The van der Waals surface area contributed by atoms with E-state index in [1.165, 1.54) is 11.1 Å². The van der Waals surface area contributed by atoms with Crippen LogP contribution in [0.25, 0.3) is 0 Å². The van der Waals surface area contributed by atoms with Gasteiger partial charge in [0.2, 0.25) is 5.91 Å². The van der Waals surface area contributed by atoms with E-state index in [-0.39, 0.29) is 18.0 Å². The standard InChI is InChI=1S/C16H23ClN2O/c1-10(2)8-15(16(20)18-3)19-14-7-4-11-9-12(17)5-6-13(11)14/h5-6,9-10,14-15,19H,4,7-8H2,1-3H3,(H,18,20). The Morgan fingerprint density at radius 1 is 1.45 bits per heavy atom. The van der Waals surface area contributed by atoms with Gasteiger partial charge in [-0.1, -0.05) is 31.5 Å². The lowest BCUT2D eigenvalue weighted by molar-refractivity contribution is -0.123. The van der Waals surface area contributed by atoms with Crippen molar-refractivity contribution in [1.82, 2.24) is 10.6 Å². The molecule has 1 aliphatic carbocycles. The van der Waals surface area contributed by atoms with Crippen LogP contribution in [0.15, 0.2) is 18.2 Å². The largest absolute Gasteiger partial charge is 0.358 e. The first-order valence-corrected chi connectivity index (χ1v) is 7.65. The van der Waals surface area contributed by atoms with Crippen LogP contribution in [-0.4, -0.2) is 19.0 Å². The van der Waals surface area contributed by atoms with Crippen molar-refractivity contribution in [2.75, 3.05) is 7.05 Å². The first-order chi connectivity index (χ1) is 9.51. The molecule has 1 aromatic carbocycles. The summed E-state index contributed by atoms with van der Waals surface area (Å²) in [7, 11) is 1.69. The van der Waals surface area contributed by atoms with E-state index >= 15 is 0 Å². The van der Waals surface area contributed by atoms with Crippen LogP contribution in [0.2, 0.25) is 5.02 Å². The van der Waals surface area contributed by atoms with E-state index in [9.17, 15) is 4.79 Å². The minimum atomic E-state index is -0.133. The Morgan fingerprint density at radius 3 is 2.85 bits per heavy atom. The van der Waals surface area contributed by atoms with Crippen molar-refractivity contribution in [3.8, 4) is 0 Å². The Kier molecular flexibility index (Phi) is 5.06. The van der Waals surface area contributed by atoms with Crippen LogP contribution in [0.5, 0.6) is 0 Å². The maximum Gasteiger partial charge on any atom is 0.236 e. The van der Waals surface area contributed by atoms with Crippen molar-refractivity contribution >= 4 is 17.5 Å². The van der Waals surface area contributed by atoms with Gasteiger partial charge < -0.3 is 5.32 Å². The molecular formula is C16H23ClN2O. The van der Waals surface area contributed by atoms with E-state index in [1.807, 2.05) is 12.1 Å². The highest BCUT2D eigenvalue weighted by atomic mass is 35.5. The summed E-state index contributed by atoms with van der Waals surface area (Å²) >= 11 is 6.03. The molecule has 0 heterocycles. The summed E-state index contributed by atoms with van der Waals surface area (Å²) in [6, 6.07) is 6.17. The monoisotopic (exact) mass is 294 g/mol. The first-order valence-electron chi connectivity index (χ1n) is 7.27. The van der Waals surface area contributed by atoms with Crippen LogP contribution in [0.1, 0.15) is 43.9 Å². The molecule has 0 bridgehead atoms. The lowest BCUT2D eigenvalue weighted by Gasteiger charge is -2.24. The number of hydrogen-bond donors (Lipinski definition) is 2. The van der Waals surface area contributed by atoms with Crippen molar-refractivity contribution < 1.29 is 4.79 Å². The summed E-state index contributed by atoms with van der Waals surface area (Å²) in [6.07, 6.45) is 2.90. The SMILES string of the molecule is CNC(=O)C(CC(C)C)NC1CCc2cc(Cl)ccc21.